The number of thiophene rings is 1. The number of hydrogen-bond acceptors (Lipinski definition) is 6. The third-order valence-corrected chi connectivity index (χ3v) is 5.36. The molecule has 28 heavy (non-hydrogen) atoms. The van der Waals surface area contributed by atoms with E-state index in [2.05, 4.69) is 15.6 Å². The summed E-state index contributed by atoms with van der Waals surface area (Å²) in [5, 5.41) is 19.4. The van der Waals surface area contributed by atoms with Crippen molar-refractivity contribution in [2.45, 2.75) is 26.4 Å². The van der Waals surface area contributed by atoms with Gasteiger partial charge < -0.3 is 10.6 Å². The van der Waals surface area contributed by atoms with Crippen molar-refractivity contribution in [3.05, 3.63) is 85.9 Å². The number of aryl methyl sites for hydroxylation is 1. The number of rotatable bonds is 7. The maximum absolute atomic E-state index is 12.4. The highest BCUT2D eigenvalue weighted by atomic mass is 32.1. The Labute approximate surface area is 166 Å². The van der Waals surface area contributed by atoms with Crippen LogP contribution < -0.4 is 10.6 Å². The van der Waals surface area contributed by atoms with Crippen molar-refractivity contribution in [2.75, 3.05) is 5.32 Å². The molecular weight excluding hydrogens is 376 g/mol. The van der Waals surface area contributed by atoms with E-state index in [0.29, 0.717) is 12.2 Å². The fourth-order valence-electron chi connectivity index (χ4n) is 2.73. The summed E-state index contributed by atoms with van der Waals surface area (Å²) < 4.78 is 0. The fraction of sp³-hybridized carbons (Fsp3) is 0.200. The van der Waals surface area contributed by atoms with Crippen molar-refractivity contribution in [1.29, 1.82) is 0 Å². The van der Waals surface area contributed by atoms with Crippen LogP contribution in [0.5, 0.6) is 0 Å². The van der Waals surface area contributed by atoms with Gasteiger partial charge in [-0.15, -0.1) is 11.3 Å². The van der Waals surface area contributed by atoms with Gasteiger partial charge >= 0.3 is 0 Å². The molecule has 2 heterocycles. The number of carbonyl (C=O) groups excluding carboxylic acids is 1. The van der Waals surface area contributed by atoms with Crippen molar-refractivity contribution >= 4 is 28.6 Å². The molecule has 2 aromatic heterocycles. The van der Waals surface area contributed by atoms with E-state index in [1.54, 1.807) is 29.7 Å². The van der Waals surface area contributed by atoms with E-state index < -0.39 is 4.92 Å². The van der Waals surface area contributed by atoms with E-state index >= 15 is 0 Å². The Morgan fingerprint density at radius 3 is 2.75 bits per heavy atom. The van der Waals surface area contributed by atoms with Gasteiger partial charge in [-0.1, -0.05) is 6.07 Å². The van der Waals surface area contributed by atoms with Crippen molar-refractivity contribution in [1.82, 2.24) is 10.3 Å². The standard InChI is InChI=1S/C20H20N4O3S/c1-13-8-10-28-19(13)12-22-20(25)15-6-7-17(18(11-15)24(26)27)23-14(2)16-5-3-4-9-21-16/h3-11,14,23H,12H2,1-2H3,(H,22,25). The van der Waals surface area contributed by atoms with E-state index in [1.165, 1.54) is 6.07 Å². The molecule has 0 saturated carbocycles. The molecule has 0 radical (unpaired) electrons. The van der Waals surface area contributed by atoms with Crippen LogP contribution in [-0.4, -0.2) is 15.8 Å². The summed E-state index contributed by atoms with van der Waals surface area (Å²) >= 11 is 1.56. The van der Waals surface area contributed by atoms with Crippen molar-refractivity contribution < 1.29 is 9.72 Å². The minimum absolute atomic E-state index is 0.150. The predicted molar refractivity (Wildman–Crippen MR) is 110 cm³/mol. The largest absolute Gasteiger partial charge is 0.371 e. The molecule has 1 amide bonds. The lowest BCUT2D eigenvalue weighted by Gasteiger charge is -2.15. The van der Waals surface area contributed by atoms with Gasteiger partial charge in [0, 0.05) is 22.7 Å². The highest BCUT2D eigenvalue weighted by molar-refractivity contribution is 7.10. The number of amides is 1. The molecule has 144 valence electrons. The highest BCUT2D eigenvalue weighted by Gasteiger charge is 2.19. The molecule has 3 rings (SSSR count). The maximum atomic E-state index is 12.4. The van der Waals surface area contributed by atoms with Gasteiger partial charge in [-0.3, -0.25) is 19.9 Å². The molecule has 0 bridgehead atoms. The van der Waals surface area contributed by atoms with Crippen LogP contribution in [0.2, 0.25) is 0 Å². The first-order chi connectivity index (χ1) is 13.5. The monoisotopic (exact) mass is 396 g/mol. The normalized spacial score (nSPS) is 11.6. The molecule has 1 unspecified atom stereocenters. The first-order valence-corrected chi connectivity index (χ1v) is 9.60. The first kappa shape index (κ1) is 19.5. The van der Waals surface area contributed by atoms with E-state index in [9.17, 15) is 14.9 Å². The maximum Gasteiger partial charge on any atom is 0.293 e. The average Bonchev–Trinajstić information content (AvgIpc) is 3.11. The second-order valence-corrected chi connectivity index (χ2v) is 7.32. The second kappa shape index (κ2) is 8.62. The van der Waals surface area contributed by atoms with Gasteiger partial charge in [0.05, 0.1) is 23.2 Å². The van der Waals surface area contributed by atoms with E-state index in [0.717, 1.165) is 16.1 Å². The van der Waals surface area contributed by atoms with Crippen LogP contribution in [-0.2, 0) is 6.54 Å². The Morgan fingerprint density at radius 2 is 2.11 bits per heavy atom. The van der Waals surface area contributed by atoms with Crippen LogP contribution in [0.1, 0.15) is 39.5 Å². The number of aromatic nitrogens is 1. The van der Waals surface area contributed by atoms with E-state index in [1.807, 2.05) is 43.5 Å². The van der Waals surface area contributed by atoms with Gasteiger partial charge in [-0.2, -0.15) is 0 Å². The summed E-state index contributed by atoms with van der Waals surface area (Å²) in [6.07, 6.45) is 1.67. The minimum atomic E-state index is -0.492. The second-order valence-electron chi connectivity index (χ2n) is 6.32. The Hall–Kier alpha value is -3.26. The Balaban J connectivity index is 1.76. The zero-order valence-corrected chi connectivity index (χ0v) is 16.3. The smallest absolute Gasteiger partial charge is 0.293 e. The zero-order chi connectivity index (χ0) is 20.1. The van der Waals surface area contributed by atoms with Gasteiger partial charge in [0.2, 0.25) is 0 Å². The van der Waals surface area contributed by atoms with Gasteiger partial charge in [0.15, 0.2) is 0 Å². The molecule has 8 heteroatoms. The van der Waals surface area contributed by atoms with Crippen molar-refractivity contribution in [3.8, 4) is 0 Å². The predicted octanol–water partition coefficient (Wildman–Crippen LogP) is 4.46. The lowest BCUT2D eigenvalue weighted by atomic mass is 10.1. The lowest BCUT2D eigenvalue weighted by Crippen LogP contribution is -2.22. The van der Waals surface area contributed by atoms with Crippen LogP contribution in [0.25, 0.3) is 0 Å². The van der Waals surface area contributed by atoms with Crippen molar-refractivity contribution in [2.24, 2.45) is 0 Å². The van der Waals surface area contributed by atoms with Crippen LogP contribution in [0, 0.1) is 17.0 Å². The molecule has 7 nitrogen and oxygen atoms in total. The lowest BCUT2D eigenvalue weighted by molar-refractivity contribution is -0.384. The quantitative estimate of drug-likeness (QED) is 0.454. The number of hydrogen-bond donors (Lipinski definition) is 2. The molecule has 1 atom stereocenters. The number of anilines is 1. The molecule has 0 aliphatic rings. The average molecular weight is 396 g/mol. The van der Waals surface area contributed by atoms with Gasteiger partial charge in [0.1, 0.15) is 5.69 Å². The van der Waals surface area contributed by atoms with Crippen LogP contribution in [0.3, 0.4) is 0 Å². The van der Waals surface area contributed by atoms with Gasteiger partial charge in [0.25, 0.3) is 11.6 Å². The number of nitro groups is 1. The summed E-state index contributed by atoms with van der Waals surface area (Å²) in [6, 6.07) is 11.7. The summed E-state index contributed by atoms with van der Waals surface area (Å²) in [7, 11) is 0. The number of pyridine rings is 1. The highest BCUT2D eigenvalue weighted by Crippen LogP contribution is 2.29. The van der Waals surface area contributed by atoms with Gasteiger partial charge in [-0.05, 0) is 55.1 Å². The third kappa shape index (κ3) is 4.52. The summed E-state index contributed by atoms with van der Waals surface area (Å²) in [6.45, 7) is 4.24. The molecule has 0 fully saturated rings. The van der Waals surface area contributed by atoms with Crippen LogP contribution >= 0.6 is 11.3 Å². The minimum Gasteiger partial charge on any atom is -0.371 e. The molecule has 2 N–H and O–H groups in total. The Kier molecular flexibility index (Phi) is 6.00. The van der Waals surface area contributed by atoms with Crippen LogP contribution in [0.4, 0.5) is 11.4 Å². The molecule has 3 aromatic rings. The summed E-state index contributed by atoms with van der Waals surface area (Å²) in [5.41, 5.74) is 2.32. The molecule has 0 spiro atoms. The fourth-order valence-corrected chi connectivity index (χ4v) is 3.58. The topological polar surface area (TPSA) is 97.2 Å². The zero-order valence-electron chi connectivity index (χ0n) is 15.5. The Morgan fingerprint density at radius 1 is 1.29 bits per heavy atom. The molecule has 0 aliphatic heterocycles. The number of benzene rings is 1. The number of nitro benzene ring substituents is 1. The van der Waals surface area contributed by atoms with E-state index in [4.69, 9.17) is 0 Å². The third-order valence-electron chi connectivity index (χ3n) is 4.34. The van der Waals surface area contributed by atoms with Crippen LogP contribution in [0.15, 0.2) is 54.0 Å². The summed E-state index contributed by atoms with van der Waals surface area (Å²) in [5.74, 6) is -0.347. The number of nitrogens with one attached hydrogen (secondary N) is 2. The molecule has 0 aliphatic carbocycles. The molecular formula is C20H20N4O3S. The molecule has 1 aromatic carbocycles. The molecule has 0 saturated heterocycles. The SMILES string of the molecule is Cc1ccsc1CNC(=O)c1ccc(NC(C)c2ccccn2)c([N+](=O)[O-])c1. The van der Waals surface area contributed by atoms with Gasteiger partial charge in [-0.25, -0.2) is 0 Å². The first-order valence-electron chi connectivity index (χ1n) is 8.73. The number of carbonyl (C=O) groups is 1. The van der Waals surface area contributed by atoms with Crippen molar-refractivity contribution in [3.63, 3.8) is 0 Å². The Bertz CT molecular complexity index is 988. The van der Waals surface area contributed by atoms with E-state index in [-0.39, 0.29) is 23.2 Å². The summed E-state index contributed by atoms with van der Waals surface area (Å²) in [4.78, 5) is 28.8. The number of nitrogens with zero attached hydrogens (tertiary/aromatic N) is 2.